The van der Waals surface area contributed by atoms with Gasteiger partial charge in [0.05, 0.1) is 12.2 Å². The van der Waals surface area contributed by atoms with Gasteiger partial charge in [0.25, 0.3) is 0 Å². The predicted molar refractivity (Wildman–Crippen MR) is 92.5 cm³/mol. The average molecular weight is 354 g/mol. The van der Waals surface area contributed by atoms with Gasteiger partial charge in [0.1, 0.15) is 0 Å². The molecular weight excluding hydrogens is 326 g/mol. The molecule has 3 heteroatoms. The van der Waals surface area contributed by atoms with Crippen LogP contribution in [0.15, 0.2) is 28.7 Å². The third-order valence-corrected chi connectivity index (χ3v) is 4.82. The van der Waals surface area contributed by atoms with E-state index in [9.17, 15) is 0 Å². The average Bonchev–Trinajstić information content (AvgIpc) is 2.72. The second kappa shape index (κ2) is 8.92. The molecule has 1 N–H and O–H groups in total. The predicted octanol–water partition coefficient (Wildman–Crippen LogP) is 5.06. The molecule has 2 rings (SSSR count). The van der Waals surface area contributed by atoms with Crippen molar-refractivity contribution < 1.29 is 4.74 Å². The van der Waals surface area contributed by atoms with E-state index in [1.54, 1.807) is 0 Å². The summed E-state index contributed by atoms with van der Waals surface area (Å²) in [4.78, 5) is 0. The van der Waals surface area contributed by atoms with Crippen LogP contribution in [-0.2, 0) is 11.3 Å². The lowest BCUT2D eigenvalue weighted by Crippen LogP contribution is -2.43. The summed E-state index contributed by atoms with van der Waals surface area (Å²) in [6.45, 7) is 5.01. The van der Waals surface area contributed by atoms with Gasteiger partial charge in [-0.3, -0.25) is 0 Å². The maximum absolute atomic E-state index is 6.45. The van der Waals surface area contributed by atoms with Crippen LogP contribution in [0, 0.1) is 0 Å². The van der Waals surface area contributed by atoms with Crippen LogP contribution in [0.5, 0.6) is 0 Å². The lowest BCUT2D eigenvalue weighted by atomic mass is 9.93. The monoisotopic (exact) mass is 353 g/mol. The first-order chi connectivity index (χ1) is 10.2. The van der Waals surface area contributed by atoms with Crippen LogP contribution in [0.25, 0.3) is 0 Å². The van der Waals surface area contributed by atoms with E-state index >= 15 is 0 Å². The largest absolute Gasteiger partial charge is 0.369 e. The number of benzene rings is 1. The van der Waals surface area contributed by atoms with E-state index in [2.05, 4.69) is 52.4 Å². The summed E-state index contributed by atoms with van der Waals surface area (Å²) < 4.78 is 7.58. The molecule has 1 aliphatic carbocycles. The third kappa shape index (κ3) is 5.72. The van der Waals surface area contributed by atoms with E-state index in [0.29, 0.717) is 6.61 Å². The van der Waals surface area contributed by atoms with Gasteiger partial charge in [-0.2, -0.15) is 0 Å². The highest BCUT2D eigenvalue weighted by Gasteiger charge is 2.31. The minimum Gasteiger partial charge on any atom is -0.369 e. The molecule has 118 valence electrons. The minimum absolute atomic E-state index is 0.0357. The van der Waals surface area contributed by atoms with Crippen LogP contribution in [-0.4, -0.2) is 18.7 Å². The molecule has 1 aliphatic rings. The van der Waals surface area contributed by atoms with E-state index in [4.69, 9.17) is 4.74 Å². The summed E-state index contributed by atoms with van der Waals surface area (Å²) in [5.41, 5.74) is 1.29. The van der Waals surface area contributed by atoms with Crippen molar-refractivity contribution in [2.45, 2.75) is 64.1 Å². The van der Waals surface area contributed by atoms with Gasteiger partial charge < -0.3 is 10.1 Å². The highest BCUT2D eigenvalue weighted by Crippen LogP contribution is 2.31. The summed E-state index contributed by atoms with van der Waals surface area (Å²) in [7, 11) is 0. The molecule has 0 unspecified atom stereocenters. The Bertz CT molecular complexity index is 413. The molecule has 0 saturated heterocycles. The Kier molecular flexibility index (Phi) is 7.21. The van der Waals surface area contributed by atoms with Gasteiger partial charge >= 0.3 is 0 Å². The first kappa shape index (κ1) is 17.0. The highest BCUT2D eigenvalue weighted by atomic mass is 79.9. The zero-order chi connectivity index (χ0) is 15.0. The second-order valence-electron chi connectivity index (χ2n) is 6.19. The van der Waals surface area contributed by atoms with Gasteiger partial charge in [0.15, 0.2) is 0 Å². The molecule has 2 nitrogen and oxygen atoms in total. The lowest BCUT2D eigenvalue weighted by Gasteiger charge is -2.33. The van der Waals surface area contributed by atoms with Crippen LogP contribution in [0.2, 0.25) is 0 Å². The quantitative estimate of drug-likeness (QED) is 0.546. The fourth-order valence-corrected chi connectivity index (χ4v) is 3.55. The zero-order valence-electron chi connectivity index (χ0n) is 13.2. The molecule has 1 aromatic carbocycles. The van der Waals surface area contributed by atoms with E-state index in [1.165, 1.54) is 50.5 Å². The van der Waals surface area contributed by atoms with Crippen LogP contribution in [0.1, 0.15) is 57.4 Å². The van der Waals surface area contributed by atoms with E-state index in [-0.39, 0.29) is 5.60 Å². The molecule has 0 amide bonds. The molecule has 0 spiro atoms. The van der Waals surface area contributed by atoms with Crippen molar-refractivity contribution in [2.24, 2.45) is 0 Å². The minimum atomic E-state index is 0.0357. The summed E-state index contributed by atoms with van der Waals surface area (Å²) in [6.07, 6.45) is 8.88. The summed E-state index contributed by atoms with van der Waals surface area (Å²) >= 11 is 3.54. The molecule has 0 atom stereocenters. The van der Waals surface area contributed by atoms with Gasteiger partial charge in [0.2, 0.25) is 0 Å². The molecule has 21 heavy (non-hydrogen) atoms. The number of halogens is 1. The molecular formula is C18H28BrNO. The Balaban J connectivity index is 1.97. The Morgan fingerprint density at radius 1 is 1.19 bits per heavy atom. The van der Waals surface area contributed by atoms with Crippen molar-refractivity contribution in [3.8, 4) is 0 Å². The van der Waals surface area contributed by atoms with E-state index in [1.807, 2.05) is 0 Å². The van der Waals surface area contributed by atoms with Gasteiger partial charge in [-0.25, -0.2) is 0 Å². The number of hydrogen-bond acceptors (Lipinski definition) is 2. The van der Waals surface area contributed by atoms with Gasteiger partial charge in [-0.1, -0.05) is 60.7 Å². The topological polar surface area (TPSA) is 21.3 Å². The second-order valence-corrected chi connectivity index (χ2v) is 7.11. The lowest BCUT2D eigenvalue weighted by molar-refractivity contribution is -0.0654. The summed E-state index contributed by atoms with van der Waals surface area (Å²) in [5.74, 6) is 0. The molecule has 1 saturated carbocycles. The van der Waals surface area contributed by atoms with Crippen LogP contribution < -0.4 is 5.32 Å². The van der Waals surface area contributed by atoms with Crippen LogP contribution >= 0.6 is 15.9 Å². The molecule has 1 aromatic rings. The smallest absolute Gasteiger partial charge is 0.0810 e. The number of nitrogens with one attached hydrogen (secondary N) is 1. The van der Waals surface area contributed by atoms with E-state index in [0.717, 1.165) is 17.6 Å². The Morgan fingerprint density at radius 3 is 2.62 bits per heavy atom. The Hall–Kier alpha value is -0.380. The molecule has 0 heterocycles. The van der Waals surface area contributed by atoms with Crippen LogP contribution in [0.3, 0.4) is 0 Å². The maximum Gasteiger partial charge on any atom is 0.0810 e. The first-order valence-corrected chi connectivity index (χ1v) is 9.12. The van der Waals surface area contributed by atoms with E-state index < -0.39 is 0 Å². The fraction of sp³-hybridized carbons (Fsp3) is 0.667. The third-order valence-electron chi connectivity index (χ3n) is 4.32. The van der Waals surface area contributed by atoms with Gasteiger partial charge in [-0.15, -0.1) is 0 Å². The summed E-state index contributed by atoms with van der Waals surface area (Å²) in [6, 6.07) is 8.45. The SMILES string of the molecule is CCCNCC1(OCc2cccc(Br)c2)CCCCCC1. The molecule has 0 aromatic heterocycles. The van der Waals surface area contributed by atoms with Gasteiger partial charge in [-0.05, 0) is 43.5 Å². The number of rotatable bonds is 7. The number of hydrogen-bond donors (Lipinski definition) is 1. The maximum atomic E-state index is 6.45. The molecule has 0 radical (unpaired) electrons. The Morgan fingerprint density at radius 2 is 1.95 bits per heavy atom. The fourth-order valence-electron chi connectivity index (χ4n) is 3.10. The zero-order valence-corrected chi connectivity index (χ0v) is 14.8. The molecule has 0 bridgehead atoms. The molecule has 0 aliphatic heterocycles. The van der Waals surface area contributed by atoms with Gasteiger partial charge in [0, 0.05) is 11.0 Å². The van der Waals surface area contributed by atoms with Crippen LogP contribution in [0.4, 0.5) is 0 Å². The van der Waals surface area contributed by atoms with Crippen molar-refractivity contribution in [3.63, 3.8) is 0 Å². The van der Waals surface area contributed by atoms with Crippen molar-refractivity contribution in [1.29, 1.82) is 0 Å². The number of ether oxygens (including phenoxy) is 1. The van der Waals surface area contributed by atoms with Crippen molar-refractivity contribution >= 4 is 15.9 Å². The highest BCUT2D eigenvalue weighted by molar-refractivity contribution is 9.10. The normalized spacial score (nSPS) is 18.4. The Labute approximate surface area is 137 Å². The summed E-state index contributed by atoms with van der Waals surface area (Å²) in [5, 5.41) is 3.59. The van der Waals surface area contributed by atoms with Crippen molar-refractivity contribution in [2.75, 3.05) is 13.1 Å². The first-order valence-electron chi connectivity index (χ1n) is 8.33. The standard InChI is InChI=1S/C18H28BrNO/c1-2-12-20-15-18(10-5-3-4-6-11-18)21-14-16-8-7-9-17(19)13-16/h7-9,13,20H,2-6,10-12,14-15H2,1H3. The van der Waals surface area contributed by atoms with Crippen molar-refractivity contribution in [3.05, 3.63) is 34.3 Å². The molecule has 1 fully saturated rings. The van der Waals surface area contributed by atoms with Crippen molar-refractivity contribution in [1.82, 2.24) is 5.32 Å².